The maximum atomic E-state index is 13.0. The highest BCUT2D eigenvalue weighted by Gasteiger charge is 2.36. The second kappa shape index (κ2) is 8.54. The van der Waals surface area contributed by atoms with Crippen molar-refractivity contribution in [2.75, 3.05) is 11.9 Å². The average molecular weight is 381 g/mol. The number of hydrogen-bond acceptors (Lipinski definition) is 3. The summed E-state index contributed by atoms with van der Waals surface area (Å²) in [6.45, 7) is 6.14. The number of carboxylic acid groups (broad SMARTS) is 1. The molecule has 26 heavy (non-hydrogen) atoms. The number of amides is 2. The summed E-state index contributed by atoms with van der Waals surface area (Å²) in [6, 6.07) is 4.36. The summed E-state index contributed by atoms with van der Waals surface area (Å²) in [7, 11) is 0. The lowest BCUT2D eigenvalue weighted by Crippen LogP contribution is -2.49. The van der Waals surface area contributed by atoms with E-state index in [1.165, 1.54) is 0 Å². The largest absolute Gasteiger partial charge is 0.481 e. The van der Waals surface area contributed by atoms with E-state index < -0.39 is 17.9 Å². The zero-order chi connectivity index (χ0) is 19.4. The van der Waals surface area contributed by atoms with Crippen LogP contribution in [0.4, 0.5) is 5.69 Å². The van der Waals surface area contributed by atoms with Crippen LogP contribution in [0.25, 0.3) is 0 Å². The molecule has 2 atom stereocenters. The highest BCUT2D eigenvalue weighted by Crippen LogP contribution is 2.28. The lowest BCUT2D eigenvalue weighted by Gasteiger charge is -2.37. The van der Waals surface area contributed by atoms with Crippen molar-refractivity contribution in [1.29, 1.82) is 0 Å². The van der Waals surface area contributed by atoms with E-state index in [1.807, 2.05) is 13.8 Å². The van der Waals surface area contributed by atoms with Gasteiger partial charge >= 0.3 is 5.97 Å². The second-order valence-electron chi connectivity index (χ2n) is 7.17. The predicted molar refractivity (Wildman–Crippen MR) is 100 cm³/mol. The molecule has 0 aromatic heterocycles. The molecule has 0 aliphatic carbocycles. The van der Waals surface area contributed by atoms with Crippen molar-refractivity contribution in [2.45, 2.75) is 46.1 Å². The molecular weight excluding hydrogens is 356 g/mol. The predicted octanol–water partition coefficient (Wildman–Crippen LogP) is 3.65. The third-order valence-corrected chi connectivity index (χ3v) is 4.97. The Kier molecular flexibility index (Phi) is 6.64. The lowest BCUT2D eigenvalue weighted by atomic mass is 9.90. The van der Waals surface area contributed by atoms with Gasteiger partial charge in [0, 0.05) is 24.7 Å². The number of aliphatic carboxylic acids is 1. The molecule has 1 aromatic carbocycles. The van der Waals surface area contributed by atoms with Crippen LogP contribution in [0.5, 0.6) is 0 Å². The normalized spacial score (nSPS) is 20.1. The van der Waals surface area contributed by atoms with Crippen molar-refractivity contribution in [2.24, 2.45) is 11.8 Å². The van der Waals surface area contributed by atoms with E-state index in [9.17, 15) is 19.5 Å². The Morgan fingerprint density at radius 1 is 1.35 bits per heavy atom. The van der Waals surface area contributed by atoms with E-state index >= 15 is 0 Å². The van der Waals surface area contributed by atoms with Gasteiger partial charge in [0.1, 0.15) is 0 Å². The number of benzene rings is 1. The zero-order valence-electron chi connectivity index (χ0n) is 15.3. The monoisotopic (exact) mass is 380 g/mol. The highest BCUT2D eigenvalue weighted by atomic mass is 35.5. The molecule has 7 heteroatoms. The van der Waals surface area contributed by atoms with Gasteiger partial charge in [-0.15, -0.1) is 0 Å². The topological polar surface area (TPSA) is 86.7 Å². The van der Waals surface area contributed by atoms with Gasteiger partial charge in [-0.3, -0.25) is 14.4 Å². The molecule has 142 valence electrons. The van der Waals surface area contributed by atoms with Crippen molar-refractivity contribution in [1.82, 2.24) is 4.90 Å². The Morgan fingerprint density at radius 2 is 2.04 bits per heavy atom. The number of carbonyl (C=O) groups is 3. The fourth-order valence-electron chi connectivity index (χ4n) is 3.26. The molecule has 6 nitrogen and oxygen atoms in total. The van der Waals surface area contributed by atoms with Gasteiger partial charge < -0.3 is 15.3 Å². The van der Waals surface area contributed by atoms with Crippen molar-refractivity contribution in [3.05, 3.63) is 28.8 Å². The number of nitrogens with zero attached hydrogens (tertiary/aromatic N) is 1. The summed E-state index contributed by atoms with van der Waals surface area (Å²) in [5, 5.41) is 12.4. The highest BCUT2D eigenvalue weighted by molar-refractivity contribution is 6.34. The Bertz CT molecular complexity index is 705. The Hall–Kier alpha value is -2.08. The first-order valence-corrected chi connectivity index (χ1v) is 9.21. The lowest BCUT2D eigenvalue weighted by molar-refractivity contribution is -0.145. The molecular formula is C19H25ClN2O4. The van der Waals surface area contributed by atoms with Crippen LogP contribution in [-0.4, -0.2) is 40.4 Å². The molecule has 2 rings (SSSR count). The maximum Gasteiger partial charge on any atom is 0.308 e. The van der Waals surface area contributed by atoms with Gasteiger partial charge in [-0.25, -0.2) is 0 Å². The minimum absolute atomic E-state index is 0.127. The molecule has 2 N–H and O–H groups in total. The van der Waals surface area contributed by atoms with Crippen LogP contribution in [0.1, 0.15) is 50.4 Å². The number of anilines is 1. The number of carbonyl (C=O) groups excluding carboxylic acids is 2. The second-order valence-corrected chi connectivity index (χ2v) is 7.57. The first kappa shape index (κ1) is 20.2. The van der Waals surface area contributed by atoms with Crippen molar-refractivity contribution < 1.29 is 19.5 Å². The SMILES string of the molecule is CC(C)CC(=O)Nc1ccc(Cl)c(C(=O)N2CCC[C@H](C(=O)O)[C@@H]2C)c1. The summed E-state index contributed by atoms with van der Waals surface area (Å²) in [5.74, 6) is -1.69. The molecule has 1 fully saturated rings. The van der Waals surface area contributed by atoms with E-state index in [2.05, 4.69) is 5.32 Å². The number of carboxylic acids is 1. The summed E-state index contributed by atoms with van der Waals surface area (Å²) in [6.07, 6.45) is 1.57. The first-order valence-electron chi connectivity index (χ1n) is 8.84. The summed E-state index contributed by atoms with van der Waals surface area (Å²) < 4.78 is 0. The smallest absolute Gasteiger partial charge is 0.308 e. The average Bonchev–Trinajstić information content (AvgIpc) is 2.55. The first-order chi connectivity index (χ1) is 12.2. The number of halogens is 1. The van der Waals surface area contributed by atoms with Crippen molar-refractivity contribution >= 4 is 35.1 Å². The number of rotatable bonds is 5. The van der Waals surface area contributed by atoms with E-state index in [4.69, 9.17) is 11.6 Å². The van der Waals surface area contributed by atoms with Crippen LogP contribution >= 0.6 is 11.6 Å². The van der Waals surface area contributed by atoms with Crippen LogP contribution in [0.3, 0.4) is 0 Å². The Balaban J connectivity index is 2.21. The summed E-state index contributed by atoms with van der Waals surface area (Å²) in [5.41, 5.74) is 0.773. The van der Waals surface area contributed by atoms with E-state index in [0.29, 0.717) is 31.5 Å². The summed E-state index contributed by atoms with van der Waals surface area (Å²) in [4.78, 5) is 37.9. The Morgan fingerprint density at radius 3 is 2.65 bits per heavy atom. The fourth-order valence-corrected chi connectivity index (χ4v) is 3.46. The molecule has 0 spiro atoms. The van der Waals surface area contributed by atoms with Crippen LogP contribution in [0.15, 0.2) is 18.2 Å². The molecule has 2 amide bonds. The van der Waals surface area contributed by atoms with Crippen LogP contribution in [0.2, 0.25) is 5.02 Å². The van der Waals surface area contributed by atoms with Gasteiger partial charge in [-0.1, -0.05) is 25.4 Å². The minimum atomic E-state index is -0.893. The van der Waals surface area contributed by atoms with Gasteiger partial charge in [0.2, 0.25) is 5.91 Å². The fraction of sp³-hybridized carbons (Fsp3) is 0.526. The van der Waals surface area contributed by atoms with E-state index in [0.717, 1.165) is 0 Å². The third kappa shape index (κ3) is 4.75. The minimum Gasteiger partial charge on any atom is -0.481 e. The number of likely N-dealkylation sites (tertiary alicyclic amines) is 1. The van der Waals surface area contributed by atoms with Crippen LogP contribution in [-0.2, 0) is 9.59 Å². The molecule has 1 aliphatic heterocycles. The molecule has 1 aromatic rings. The van der Waals surface area contributed by atoms with Gasteiger partial charge in [0.15, 0.2) is 0 Å². The van der Waals surface area contributed by atoms with Crippen LogP contribution < -0.4 is 5.32 Å². The molecule has 0 bridgehead atoms. The van der Waals surface area contributed by atoms with Crippen LogP contribution in [0, 0.1) is 11.8 Å². The van der Waals surface area contributed by atoms with Crippen molar-refractivity contribution in [3.8, 4) is 0 Å². The van der Waals surface area contributed by atoms with Crippen molar-refractivity contribution in [3.63, 3.8) is 0 Å². The molecule has 1 heterocycles. The quantitative estimate of drug-likeness (QED) is 0.816. The van der Waals surface area contributed by atoms with Gasteiger partial charge in [-0.2, -0.15) is 0 Å². The number of hydrogen-bond donors (Lipinski definition) is 2. The zero-order valence-corrected chi connectivity index (χ0v) is 16.0. The maximum absolute atomic E-state index is 13.0. The van der Waals surface area contributed by atoms with Gasteiger partial charge in [0.25, 0.3) is 5.91 Å². The van der Waals surface area contributed by atoms with E-state index in [1.54, 1.807) is 30.0 Å². The van der Waals surface area contributed by atoms with Gasteiger partial charge in [0.05, 0.1) is 16.5 Å². The van der Waals surface area contributed by atoms with Gasteiger partial charge in [-0.05, 0) is 43.9 Å². The standard InChI is InChI=1S/C19H25ClN2O4/c1-11(2)9-17(23)21-13-6-7-16(20)15(10-13)18(24)22-8-4-5-14(12(22)3)19(25)26/h6-7,10-12,14H,4-5,8-9H2,1-3H3,(H,21,23)(H,25,26)/t12-,14-/m0/s1. The molecule has 0 saturated carbocycles. The molecule has 1 saturated heterocycles. The van der Waals surface area contributed by atoms with E-state index in [-0.39, 0.29) is 28.3 Å². The summed E-state index contributed by atoms with van der Waals surface area (Å²) >= 11 is 6.20. The number of piperidine rings is 1. The third-order valence-electron chi connectivity index (χ3n) is 4.64. The Labute approximate surface area is 158 Å². The molecule has 0 radical (unpaired) electrons. The molecule has 1 aliphatic rings. The number of nitrogens with one attached hydrogen (secondary N) is 1. The molecule has 0 unspecified atom stereocenters.